The number of nitrogens with zero attached hydrogens (tertiary/aromatic N) is 1. The van der Waals surface area contributed by atoms with Crippen LogP contribution < -0.4 is 15.0 Å². The van der Waals surface area contributed by atoms with Crippen molar-refractivity contribution >= 4 is 34.8 Å². The minimum absolute atomic E-state index is 0.0365. The summed E-state index contributed by atoms with van der Waals surface area (Å²) < 4.78 is 19.1. The van der Waals surface area contributed by atoms with Crippen molar-refractivity contribution in [2.45, 2.75) is 12.8 Å². The Kier molecular flexibility index (Phi) is 5.19. The lowest BCUT2D eigenvalue weighted by Gasteiger charge is -2.16. The van der Waals surface area contributed by atoms with Crippen molar-refractivity contribution in [3.05, 3.63) is 53.3 Å². The van der Waals surface area contributed by atoms with Gasteiger partial charge in [-0.3, -0.25) is 9.59 Å². The van der Waals surface area contributed by atoms with E-state index in [1.165, 1.54) is 12.1 Å². The number of rotatable bonds is 5. The Morgan fingerprint density at radius 2 is 2.12 bits per heavy atom. The number of anilines is 2. The van der Waals surface area contributed by atoms with Crippen LogP contribution in [0.1, 0.15) is 12.8 Å². The molecule has 130 valence electrons. The Bertz CT molecular complexity index is 813. The lowest BCUT2D eigenvalue weighted by molar-refractivity contribution is -0.118. The summed E-state index contributed by atoms with van der Waals surface area (Å²) in [5, 5.41) is 2.67. The molecule has 0 atom stereocenters. The molecule has 7 heteroatoms. The van der Waals surface area contributed by atoms with Gasteiger partial charge in [0.15, 0.2) is 6.61 Å². The summed E-state index contributed by atoms with van der Waals surface area (Å²) in [6, 6.07) is 11.0. The molecular formula is C18H16ClFN2O3. The van der Waals surface area contributed by atoms with Crippen LogP contribution >= 0.6 is 11.6 Å². The standard InChI is InChI=1S/C18H16ClFN2O3/c19-12-6-7-16(15(20)9-12)21-17(23)11-25-14-4-1-3-13(10-14)22-8-2-5-18(22)24/h1,3-4,6-7,9-10H,2,5,8,11H2,(H,21,23). The van der Waals surface area contributed by atoms with Gasteiger partial charge in [-0.05, 0) is 36.8 Å². The second-order valence-electron chi connectivity index (χ2n) is 5.61. The van der Waals surface area contributed by atoms with Crippen LogP contribution in [0.15, 0.2) is 42.5 Å². The normalized spacial score (nSPS) is 13.8. The number of hydrogen-bond donors (Lipinski definition) is 1. The number of halogens is 2. The highest BCUT2D eigenvalue weighted by Crippen LogP contribution is 2.25. The number of nitrogens with one attached hydrogen (secondary N) is 1. The Balaban J connectivity index is 1.59. The van der Waals surface area contributed by atoms with E-state index >= 15 is 0 Å². The number of amides is 2. The van der Waals surface area contributed by atoms with Gasteiger partial charge in [0.1, 0.15) is 11.6 Å². The number of benzene rings is 2. The molecule has 25 heavy (non-hydrogen) atoms. The first-order valence-corrected chi connectivity index (χ1v) is 8.19. The van der Waals surface area contributed by atoms with E-state index in [1.807, 2.05) is 6.07 Å². The van der Waals surface area contributed by atoms with Crippen LogP contribution in [0.25, 0.3) is 0 Å². The quantitative estimate of drug-likeness (QED) is 0.883. The Morgan fingerprint density at radius 3 is 2.84 bits per heavy atom. The fourth-order valence-corrected chi connectivity index (χ4v) is 2.75. The molecule has 1 N–H and O–H groups in total. The molecule has 0 unspecified atom stereocenters. The summed E-state index contributed by atoms with van der Waals surface area (Å²) in [4.78, 5) is 25.4. The predicted molar refractivity (Wildman–Crippen MR) is 93.6 cm³/mol. The van der Waals surface area contributed by atoms with Crippen molar-refractivity contribution < 1.29 is 18.7 Å². The maximum absolute atomic E-state index is 13.7. The highest BCUT2D eigenvalue weighted by molar-refractivity contribution is 6.30. The fourth-order valence-electron chi connectivity index (χ4n) is 2.59. The topological polar surface area (TPSA) is 58.6 Å². The molecule has 1 fully saturated rings. The van der Waals surface area contributed by atoms with Crippen LogP contribution in [0.2, 0.25) is 5.02 Å². The van der Waals surface area contributed by atoms with Crippen LogP contribution in [0.4, 0.5) is 15.8 Å². The molecule has 0 radical (unpaired) electrons. The third kappa shape index (κ3) is 4.28. The zero-order valence-corrected chi connectivity index (χ0v) is 14.1. The molecule has 3 rings (SSSR count). The molecule has 2 aromatic carbocycles. The zero-order chi connectivity index (χ0) is 17.8. The monoisotopic (exact) mass is 362 g/mol. The second kappa shape index (κ2) is 7.53. The average Bonchev–Trinajstić information content (AvgIpc) is 3.02. The first-order valence-electron chi connectivity index (χ1n) is 7.81. The molecule has 0 aliphatic carbocycles. The molecule has 1 aliphatic rings. The van der Waals surface area contributed by atoms with Gasteiger partial charge in [0.05, 0.1) is 5.69 Å². The molecular weight excluding hydrogens is 347 g/mol. The van der Waals surface area contributed by atoms with Gasteiger partial charge in [-0.2, -0.15) is 0 Å². The molecule has 0 aromatic heterocycles. The van der Waals surface area contributed by atoms with Gasteiger partial charge >= 0.3 is 0 Å². The third-order valence-corrected chi connectivity index (χ3v) is 4.01. The number of carbonyl (C=O) groups excluding carboxylic acids is 2. The number of carbonyl (C=O) groups is 2. The summed E-state index contributed by atoms with van der Waals surface area (Å²) in [7, 11) is 0. The number of hydrogen-bond acceptors (Lipinski definition) is 3. The van der Waals surface area contributed by atoms with E-state index in [0.717, 1.165) is 18.2 Å². The fraction of sp³-hybridized carbons (Fsp3) is 0.222. The van der Waals surface area contributed by atoms with E-state index in [1.54, 1.807) is 23.1 Å². The molecule has 1 heterocycles. The van der Waals surface area contributed by atoms with Crippen LogP contribution in [-0.2, 0) is 9.59 Å². The molecule has 2 aromatic rings. The van der Waals surface area contributed by atoms with Gasteiger partial charge in [0, 0.05) is 29.7 Å². The molecule has 2 amide bonds. The minimum atomic E-state index is -0.615. The molecule has 0 saturated carbocycles. The van der Waals surface area contributed by atoms with Crippen molar-refractivity contribution in [2.75, 3.05) is 23.4 Å². The van der Waals surface area contributed by atoms with E-state index in [2.05, 4.69) is 5.32 Å². The zero-order valence-electron chi connectivity index (χ0n) is 13.3. The van der Waals surface area contributed by atoms with Crippen molar-refractivity contribution in [1.29, 1.82) is 0 Å². The maximum atomic E-state index is 13.7. The van der Waals surface area contributed by atoms with Gasteiger partial charge in [0.2, 0.25) is 5.91 Å². The average molecular weight is 363 g/mol. The Hall–Kier alpha value is -2.60. The number of ether oxygens (including phenoxy) is 1. The molecule has 1 aliphatic heterocycles. The van der Waals surface area contributed by atoms with Gasteiger partial charge in [-0.15, -0.1) is 0 Å². The smallest absolute Gasteiger partial charge is 0.262 e. The van der Waals surface area contributed by atoms with Crippen LogP contribution in [0.3, 0.4) is 0 Å². The van der Waals surface area contributed by atoms with Crippen molar-refractivity contribution in [2.24, 2.45) is 0 Å². The van der Waals surface area contributed by atoms with Gasteiger partial charge in [0.25, 0.3) is 5.91 Å². The van der Waals surface area contributed by atoms with E-state index in [4.69, 9.17) is 16.3 Å². The van der Waals surface area contributed by atoms with E-state index in [-0.39, 0.29) is 23.2 Å². The Labute approximate surface area is 149 Å². The summed E-state index contributed by atoms with van der Waals surface area (Å²) in [5.74, 6) is -0.573. The van der Waals surface area contributed by atoms with Crippen LogP contribution in [0.5, 0.6) is 5.75 Å². The van der Waals surface area contributed by atoms with Crippen LogP contribution in [-0.4, -0.2) is 25.0 Å². The van der Waals surface area contributed by atoms with Gasteiger partial charge in [-0.25, -0.2) is 4.39 Å². The third-order valence-electron chi connectivity index (χ3n) is 3.78. The lowest BCUT2D eigenvalue weighted by atomic mass is 10.3. The largest absolute Gasteiger partial charge is 0.484 e. The molecule has 1 saturated heterocycles. The van der Waals surface area contributed by atoms with E-state index in [9.17, 15) is 14.0 Å². The maximum Gasteiger partial charge on any atom is 0.262 e. The summed E-state index contributed by atoms with van der Waals surface area (Å²) in [6.07, 6.45) is 1.37. The van der Waals surface area contributed by atoms with Gasteiger partial charge < -0.3 is 15.0 Å². The molecule has 5 nitrogen and oxygen atoms in total. The van der Waals surface area contributed by atoms with E-state index < -0.39 is 11.7 Å². The van der Waals surface area contributed by atoms with Crippen molar-refractivity contribution in [3.8, 4) is 5.75 Å². The lowest BCUT2D eigenvalue weighted by Crippen LogP contribution is -2.24. The highest BCUT2D eigenvalue weighted by atomic mass is 35.5. The van der Waals surface area contributed by atoms with Crippen molar-refractivity contribution in [1.82, 2.24) is 0 Å². The molecule has 0 bridgehead atoms. The minimum Gasteiger partial charge on any atom is -0.484 e. The SMILES string of the molecule is O=C(COc1cccc(N2CCCC2=O)c1)Nc1ccc(Cl)cc1F. The predicted octanol–water partition coefficient (Wildman–Crippen LogP) is 3.62. The first-order chi connectivity index (χ1) is 12.0. The van der Waals surface area contributed by atoms with Gasteiger partial charge in [-0.1, -0.05) is 17.7 Å². The summed E-state index contributed by atoms with van der Waals surface area (Å²) in [6.45, 7) is 0.401. The summed E-state index contributed by atoms with van der Waals surface area (Å²) in [5.41, 5.74) is 0.776. The highest BCUT2D eigenvalue weighted by Gasteiger charge is 2.21. The summed E-state index contributed by atoms with van der Waals surface area (Å²) >= 11 is 5.67. The van der Waals surface area contributed by atoms with Crippen molar-refractivity contribution in [3.63, 3.8) is 0 Å². The molecule has 0 spiro atoms. The second-order valence-corrected chi connectivity index (χ2v) is 6.04. The van der Waals surface area contributed by atoms with Crippen LogP contribution in [0, 0.1) is 5.82 Å². The first kappa shape index (κ1) is 17.2. The van der Waals surface area contributed by atoms with E-state index in [0.29, 0.717) is 18.7 Å². The Morgan fingerprint density at radius 1 is 1.28 bits per heavy atom.